The molecule has 1 saturated heterocycles. The van der Waals surface area contributed by atoms with Gasteiger partial charge in [-0.2, -0.15) is 18.3 Å². The molecule has 2 atom stereocenters. The number of carbonyl (C=O) groups is 2. The van der Waals surface area contributed by atoms with Gasteiger partial charge in [-0.15, -0.1) is 0 Å². The van der Waals surface area contributed by atoms with Gasteiger partial charge in [-0.25, -0.2) is 0 Å². The molecule has 2 amide bonds. The highest BCUT2D eigenvalue weighted by molar-refractivity contribution is 6.04. The third kappa shape index (κ3) is 4.09. The molecule has 2 unspecified atom stereocenters. The Balaban J connectivity index is 1.47. The Kier molecular flexibility index (Phi) is 5.48. The molecule has 5 N–H and O–H groups in total. The fraction of sp³-hybridized carbons (Fsp3) is 0.250. The number of morpholine rings is 1. The zero-order valence-electron chi connectivity index (χ0n) is 16.4. The predicted octanol–water partition coefficient (Wildman–Crippen LogP) is 1.90. The summed E-state index contributed by atoms with van der Waals surface area (Å²) in [6, 6.07) is 8.76. The van der Waals surface area contributed by atoms with Crippen molar-refractivity contribution in [2.24, 2.45) is 0 Å². The van der Waals surface area contributed by atoms with E-state index in [2.05, 4.69) is 15.5 Å². The molecule has 9 nitrogen and oxygen atoms in total. The quantitative estimate of drug-likeness (QED) is 0.481. The molecule has 0 bridgehead atoms. The van der Waals surface area contributed by atoms with Crippen molar-refractivity contribution in [1.82, 2.24) is 10.2 Å². The Morgan fingerprint density at radius 3 is 2.69 bits per heavy atom. The van der Waals surface area contributed by atoms with Crippen LogP contribution in [-0.4, -0.2) is 52.5 Å². The molecule has 168 valence electrons. The fourth-order valence-electron chi connectivity index (χ4n) is 3.39. The first-order valence-corrected chi connectivity index (χ1v) is 9.48. The first-order valence-electron chi connectivity index (χ1n) is 9.48. The maximum atomic E-state index is 12.8. The number of nitrogens with one attached hydrogen (secondary N) is 2. The van der Waals surface area contributed by atoms with E-state index in [1.807, 2.05) is 0 Å². The van der Waals surface area contributed by atoms with Crippen LogP contribution in [0, 0.1) is 0 Å². The standard InChI is InChI=1S/C20H18F3N5O4/c21-20(22,23)10-1-4-12(5-2-10)28-7-8-32-16(19(28)31)15(29)18(30)25-11-3-6-13-14(9-11)26-27-17(13)24/h1-6,9,15-16,29H,7-8H2,(H,25,30)(H3,24,26,27). The molecule has 1 fully saturated rings. The lowest BCUT2D eigenvalue weighted by Gasteiger charge is -2.34. The molecule has 2 heterocycles. The van der Waals surface area contributed by atoms with Crippen molar-refractivity contribution in [1.29, 1.82) is 0 Å². The van der Waals surface area contributed by atoms with E-state index in [1.165, 1.54) is 4.90 Å². The summed E-state index contributed by atoms with van der Waals surface area (Å²) in [4.78, 5) is 26.5. The number of aromatic nitrogens is 2. The van der Waals surface area contributed by atoms with Crippen LogP contribution in [-0.2, 0) is 20.5 Å². The third-order valence-electron chi connectivity index (χ3n) is 5.04. The fourth-order valence-corrected chi connectivity index (χ4v) is 3.39. The second-order valence-corrected chi connectivity index (χ2v) is 7.13. The van der Waals surface area contributed by atoms with E-state index in [0.29, 0.717) is 22.4 Å². The number of nitrogens with two attached hydrogens (primary N) is 1. The maximum absolute atomic E-state index is 12.8. The van der Waals surface area contributed by atoms with Gasteiger partial charge in [0.05, 0.1) is 17.7 Å². The van der Waals surface area contributed by atoms with E-state index in [9.17, 15) is 27.9 Å². The first-order chi connectivity index (χ1) is 15.1. The average Bonchev–Trinajstić information content (AvgIpc) is 3.13. The number of aromatic amines is 1. The SMILES string of the molecule is Nc1n[nH]c2cc(NC(=O)C(O)C3OCCN(c4ccc(C(F)(F)F)cc4)C3=O)ccc12. The third-order valence-corrected chi connectivity index (χ3v) is 5.04. The summed E-state index contributed by atoms with van der Waals surface area (Å²) >= 11 is 0. The molecule has 12 heteroatoms. The molecular formula is C20H18F3N5O4. The first kappa shape index (κ1) is 21.6. The number of H-pyrrole nitrogens is 1. The molecule has 0 saturated carbocycles. The Labute approximate surface area is 178 Å². The Morgan fingerprint density at radius 1 is 1.28 bits per heavy atom. The molecular weight excluding hydrogens is 431 g/mol. The number of nitrogen functional groups attached to an aromatic ring is 1. The van der Waals surface area contributed by atoms with Crippen LogP contribution in [0.15, 0.2) is 42.5 Å². The molecule has 32 heavy (non-hydrogen) atoms. The van der Waals surface area contributed by atoms with Gasteiger partial charge in [0.25, 0.3) is 11.8 Å². The molecule has 2 aromatic carbocycles. The minimum Gasteiger partial charge on any atom is -0.382 e. The topological polar surface area (TPSA) is 134 Å². The monoisotopic (exact) mass is 449 g/mol. The Hall–Kier alpha value is -3.64. The van der Waals surface area contributed by atoms with Gasteiger partial charge in [-0.05, 0) is 42.5 Å². The summed E-state index contributed by atoms with van der Waals surface area (Å²) in [6.07, 6.45) is -7.87. The maximum Gasteiger partial charge on any atom is 0.416 e. The number of nitrogens with zero attached hydrogens (tertiary/aromatic N) is 2. The van der Waals surface area contributed by atoms with Crippen molar-refractivity contribution in [3.05, 3.63) is 48.0 Å². The number of halogens is 3. The number of carbonyl (C=O) groups excluding carboxylic acids is 2. The second kappa shape index (κ2) is 8.13. The van der Waals surface area contributed by atoms with Crippen LogP contribution in [0.3, 0.4) is 0 Å². The van der Waals surface area contributed by atoms with Gasteiger partial charge >= 0.3 is 6.18 Å². The zero-order chi connectivity index (χ0) is 23.0. The van der Waals surface area contributed by atoms with E-state index >= 15 is 0 Å². The van der Waals surface area contributed by atoms with Gasteiger partial charge < -0.3 is 25.8 Å². The zero-order valence-corrected chi connectivity index (χ0v) is 16.4. The smallest absolute Gasteiger partial charge is 0.382 e. The minimum atomic E-state index is -4.50. The summed E-state index contributed by atoms with van der Waals surface area (Å²) in [5.41, 5.74) is 5.93. The number of benzene rings is 2. The number of aliphatic hydroxyl groups is 1. The molecule has 4 rings (SSSR count). The minimum absolute atomic E-state index is 0.0127. The van der Waals surface area contributed by atoms with Crippen LogP contribution < -0.4 is 16.0 Å². The van der Waals surface area contributed by atoms with Crippen molar-refractivity contribution in [3.63, 3.8) is 0 Å². The molecule has 0 aliphatic carbocycles. The van der Waals surface area contributed by atoms with Gasteiger partial charge in [-0.1, -0.05) is 0 Å². The number of hydrogen-bond donors (Lipinski definition) is 4. The van der Waals surface area contributed by atoms with Crippen LogP contribution in [0.2, 0.25) is 0 Å². The number of anilines is 3. The van der Waals surface area contributed by atoms with E-state index in [1.54, 1.807) is 18.2 Å². The Morgan fingerprint density at radius 2 is 2.00 bits per heavy atom. The summed E-state index contributed by atoms with van der Waals surface area (Å²) in [5, 5.41) is 20.1. The Bertz CT molecular complexity index is 1160. The second-order valence-electron chi connectivity index (χ2n) is 7.13. The number of hydrogen-bond acceptors (Lipinski definition) is 6. The van der Waals surface area contributed by atoms with Crippen molar-refractivity contribution < 1.29 is 32.6 Å². The van der Waals surface area contributed by atoms with Crippen molar-refractivity contribution in [2.45, 2.75) is 18.4 Å². The lowest BCUT2D eigenvalue weighted by Crippen LogP contribution is -2.55. The highest BCUT2D eigenvalue weighted by atomic mass is 19.4. The lowest BCUT2D eigenvalue weighted by atomic mass is 10.1. The van der Waals surface area contributed by atoms with Gasteiger partial charge in [-0.3, -0.25) is 14.7 Å². The molecule has 1 aliphatic heterocycles. The number of alkyl halides is 3. The number of rotatable bonds is 4. The molecule has 1 aromatic heterocycles. The molecule has 3 aromatic rings. The number of amides is 2. The van der Waals surface area contributed by atoms with Gasteiger partial charge in [0, 0.05) is 23.3 Å². The average molecular weight is 449 g/mol. The number of ether oxygens (including phenoxy) is 1. The molecule has 0 spiro atoms. The predicted molar refractivity (Wildman–Crippen MR) is 109 cm³/mol. The summed E-state index contributed by atoms with van der Waals surface area (Å²) < 4.78 is 43.6. The van der Waals surface area contributed by atoms with Crippen LogP contribution >= 0.6 is 0 Å². The normalized spacial score (nSPS) is 18.1. The van der Waals surface area contributed by atoms with Crippen molar-refractivity contribution in [2.75, 3.05) is 29.1 Å². The number of fused-ring (bicyclic) bond motifs is 1. The van der Waals surface area contributed by atoms with E-state index < -0.39 is 35.8 Å². The highest BCUT2D eigenvalue weighted by Gasteiger charge is 2.39. The summed E-state index contributed by atoms with van der Waals surface area (Å²) in [6.45, 7) is 0.0497. The lowest BCUT2D eigenvalue weighted by molar-refractivity contribution is -0.150. The van der Waals surface area contributed by atoms with Crippen LogP contribution in [0.1, 0.15) is 5.56 Å². The highest BCUT2D eigenvalue weighted by Crippen LogP contribution is 2.31. The van der Waals surface area contributed by atoms with Crippen molar-refractivity contribution >= 4 is 39.9 Å². The van der Waals surface area contributed by atoms with Crippen molar-refractivity contribution in [3.8, 4) is 0 Å². The van der Waals surface area contributed by atoms with Gasteiger partial charge in [0.1, 0.15) is 0 Å². The molecule has 0 radical (unpaired) electrons. The van der Waals surface area contributed by atoms with E-state index in [-0.39, 0.29) is 18.8 Å². The van der Waals surface area contributed by atoms with Crippen LogP contribution in [0.5, 0.6) is 0 Å². The summed E-state index contributed by atoms with van der Waals surface area (Å²) in [7, 11) is 0. The van der Waals surface area contributed by atoms with Gasteiger partial charge in [0.2, 0.25) is 0 Å². The largest absolute Gasteiger partial charge is 0.416 e. The summed E-state index contributed by atoms with van der Waals surface area (Å²) in [5.74, 6) is -1.33. The molecule has 1 aliphatic rings. The number of aliphatic hydroxyl groups excluding tert-OH is 1. The van der Waals surface area contributed by atoms with Gasteiger partial charge in [0.15, 0.2) is 18.0 Å². The van der Waals surface area contributed by atoms with E-state index in [4.69, 9.17) is 10.5 Å². The van der Waals surface area contributed by atoms with Crippen LogP contribution in [0.4, 0.5) is 30.4 Å². The van der Waals surface area contributed by atoms with E-state index in [0.717, 1.165) is 24.3 Å². The van der Waals surface area contributed by atoms with Crippen LogP contribution in [0.25, 0.3) is 10.9 Å².